The summed E-state index contributed by atoms with van der Waals surface area (Å²) in [6.07, 6.45) is 7.82. The molecule has 3 heteroatoms. The predicted molar refractivity (Wildman–Crippen MR) is 108 cm³/mol. The number of rotatable bonds is 5. The number of aliphatic hydroxyl groups is 1. The molecule has 3 nitrogen and oxygen atoms in total. The van der Waals surface area contributed by atoms with E-state index in [0.717, 1.165) is 37.9 Å². The molecule has 144 valence electrons. The summed E-state index contributed by atoms with van der Waals surface area (Å²) in [5.41, 5.74) is 8.62. The normalized spacial score (nSPS) is 21.9. The van der Waals surface area contributed by atoms with Crippen molar-refractivity contribution in [2.45, 2.75) is 64.1 Å². The Hall–Kier alpha value is -1.84. The van der Waals surface area contributed by atoms with Crippen molar-refractivity contribution < 1.29 is 14.6 Å². The molecule has 1 aliphatic heterocycles. The largest absolute Gasteiger partial charge is 0.497 e. The Labute approximate surface area is 162 Å². The lowest BCUT2D eigenvalue weighted by molar-refractivity contribution is -0.0740. The van der Waals surface area contributed by atoms with Crippen molar-refractivity contribution in [2.75, 3.05) is 13.7 Å². The summed E-state index contributed by atoms with van der Waals surface area (Å²) in [6.45, 7) is 2.41. The van der Waals surface area contributed by atoms with Crippen molar-refractivity contribution in [3.8, 4) is 5.75 Å². The molecule has 1 fully saturated rings. The third-order valence-corrected chi connectivity index (χ3v) is 6.28. The molecule has 0 spiro atoms. The Kier molecular flexibility index (Phi) is 5.51. The molecule has 2 aromatic carbocycles. The fourth-order valence-electron chi connectivity index (χ4n) is 4.75. The van der Waals surface area contributed by atoms with Crippen LogP contribution in [0.4, 0.5) is 0 Å². The van der Waals surface area contributed by atoms with Crippen LogP contribution in [0.5, 0.6) is 5.75 Å². The van der Waals surface area contributed by atoms with Gasteiger partial charge < -0.3 is 14.6 Å². The van der Waals surface area contributed by atoms with Crippen LogP contribution in [0.15, 0.2) is 30.3 Å². The van der Waals surface area contributed by atoms with E-state index in [2.05, 4.69) is 25.1 Å². The smallest absolute Gasteiger partial charge is 0.118 e. The highest BCUT2D eigenvalue weighted by Gasteiger charge is 2.29. The fourth-order valence-corrected chi connectivity index (χ4v) is 4.75. The summed E-state index contributed by atoms with van der Waals surface area (Å²) in [5, 5.41) is 9.55. The minimum absolute atomic E-state index is 0.00727. The maximum absolute atomic E-state index is 9.55. The Morgan fingerprint density at radius 2 is 1.85 bits per heavy atom. The van der Waals surface area contributed by atoms with Crippen LogP contribution in [0.3, 0.4) is 0 Å². The van der Waals surface area contributed by atoms with Gasteiger partial charge in [0.2, 0.25) is 0 Å². The van der Waals surface area contributed by atoms with Crippen molar-refractivity contribution in [3.63, 3.8) is 0 Å². The van der Waals surface area contributed by atoms with E-state index in [1.165, 1.54) is 40.7 Å². The predicted octanol–water partition coefficient (Wildman–Crippen LogP) is 4.69. The van der Waals surface area contributed by atoms with Crippen molar-refractivity contribution in [1.82, 2.24) is 0 Å². The molecular weight excluding hydrogens is 336 g/mol. The molecule has 2 aromatic rings. The summed E-state index contributed by atoms with van der Waals surface area (Å²) in [4.78, 5) is 0. The molecule has 1 saturated heterocycles. The van der Waals surface area contributed by atoms with Gasteiger partial charge in [-0.1, -0.05) is 18.2 Å². The second-order valence-corrected chi connectivity index (χ2v) is 7.95. The number of hydrogen-bond acceptors (Lipinski definition) is 3. The molecule has 27 heavy (non-hydrogen) atoms. The number of fused-ring (bicyclic) bond motifs is 1. The topological polar surface area (TPSA) is 38.7 Å². The minimum atomic E-state index is -0.00727. The highest BCUT2D eigenvalue weighted by atomic mass is 16.5. The second-order valence-electron chi connectivity index (χ2n) is 7.95. The SMILES string of the molecule is COc1ccc(Cc2cc(C3CCCC(CO)O3)c3c(c2C)CCC3)cc1. The van der Waals surface area contributed by atoms with Gasteiger partial charge in [-0.15, -0.1) is 0 Å². The van der Waals surface area contributed by atoms with Gasteiger partial charge in [0.25, 0.3) is 0 Å². The van der Waals surface area contributed by atoms with Crippen LogP contribution in [0.25, 0.3) is 0 Å². The van der Waals surface area contributed by atoms with E-state index in [9.17, 15) is 5.11 Å². The van der Waals surface area contributed by atoms with Gasteiger partial charge in [0.1, 0.15) is 5.75 Å². The first-order valence-electron chi connectivity index (χ1n) is 10.2. The molecule has 0 saturated carbocycles. The maximum atomic E-state index is 9.55. The fraction of sp³-hybridized carbons (Fsp3) is 0.500. The van der Waals surface area contributed by atoms with Gasteiger partial charge in [-0.25, -0.2) is 0 Å². The van der Waals surface area contributed by atoms with E-state index in [4.69, 9.17) is 9.47 Å². The van der Waals surface area contributed by atoms with Crippen LogP contribution in [0.1, 0.15) is 65.2 Å². The molecule has 2 atom stereocenters. The molecule has 4 rings (SSSR count). The second kappa shape index (κ2) is 8.04. The highest BCUT2D eigenvalue weighted by Crippen LogP contribution is 2.39. The first-order chi connectivity index (χ1) is 13.2. The van der Waals surface area contributed by atoms with E-state index < -0.39 is 0 Å². The number of benzene rings is 2. The number of hydrogen-bond donors (Lipinski definition) is 1. The monoisotopic (exact) mass is 366 g/mol. The molecule has 0 aromatic heterocycles. The van der Waals surface area contributed by atoms with Gasteiger partial charge in [-0.3, -0.25) is 0 Å². The van der Waals surface area contributed by atoms with Crippen molar-refractivity contribution in [3.05, 3.63) is 63.7 Å². The summed E-state index contributed by atoms with van der Waals surface area (Å²) >= 11 is 0. The average Bonchev–Trinajstić information content (AvgIpc) is 3.21. The van der Waals surface area contributed by atoms with Gasteiger partial charge in [-0.2, -0.15) is 0 Å². The van der Waals surface area contributed by atoms with Crippen LogP contribution in [0.2, 0.25) is 0 Å². The first kappa shape index (κ1) is 18.5. The zero-order chi connectivity index (χ0) is 18.8. The summed E-state index contributed by atoms with van der Waals surface area (Å²) in [6, 6.07) is 10.8. The lowest BCUT2D eigenvalue weighted by atomic mass is 9.87. The maximum Gasteiger partial charge on any atom is 0.118 e. The molecule has 2 aliphatic rings. The lowest BCUT2D eigenvalue weighted by Crippen LogP contribution is -2.26. The first-order valence-corrected chi connectivity index (χ1v) is 10.2. The van der Waals surface area contributed by atoms with Crippen LogP contribution in [-0.4, -0.2) is 24.9 Å². The Morgan fingerprint density at radius 1 is 1.07 bits per heavy atom. The average molecular weight is 367 g/mol. The molecule has 0 amide bonds. The number of ether oxygens (including phenoxy) is 2. The van der Waals surface area contributed by atoms with Crippen molar-refractivity contribution in [2.24, 2.45) is 0 Å². The lowest BCUT2D eigenvalue weighted by Gasteiger charge is -2.31. The zero-order valence-corrected chi connectivity index (χ0v) is 16.5. The molecule has 1 heterocycles. The van der Waals surface area contributed by atoms with Gasteiger partial charge in [0, 0.05) is 0 Å². The number of aliphatic hydroxyl groups excluding tert-OH is 1. The molecule has 2 unspecified atom stereocenters. The Morgan fingerprint density at radius 3 is 2.59 bits per heavy atom. The van der Waals surface area contributed by atoms with E-state index >= 15 is 0 Å². The van der Waals surface area contributed by atoms with Gasteiger partial charge in [0.15, 0.2) is 0 Å². The van der Waals surface area contributed by atoms with Gasteiger partial charge >= 0.3 is 0 Å². The Balaban J connectivity index is 1.67. The van der Waals surface area contributed by atoms with Gasteiger partial charge in [-0.05, 0) is 97.4 Å². The standard InChI is InChI=1S/C24H30O3/c1-16-18(13-17-9-11-19(26-2)12-10-17)14-23(22-7-4-6-21(16)22)24-8-3-5-20(15-25)27-24/h9-12,14,20,24-25H,3-8,13,15H2,1-2H3. The summed E-state index contributed by atoms with van der Waals surface area (Å²) in [5.74, 6) is 0.899. The van der Waals surface area contributed by atoms with E-state index in [0.29, 0.717) is 0 Å². The molecule has 0 bridgehead atoms. The highest BCUT2D eigenvalue weighted by molar-refractivity contribution is 5.50. The Bertz CT molecular complexity index is 794. The zero-order valence-electron chi connectivity index (χ0n) is 16.5. The molecular formula is C24H30O3. The molecule has 0 radical (unpaired) electrons. The number of methoxy groups -OCH3 is 1. The van der Waals surface area contributed by atoms with E-state index in [1.807, 2.05) is 12.1 Å². The van der Waals surface area contributed by atoms with Crippen molar-refractivity contribution in [1.29, 1.82) is 0 Å². The van der Waals surface area contributed by atoms with Crippen LogP contribution >= 0.6 is 0 Å². The van der Waals surface area contributed by atoms with Crippen LogP contribution < -0.4 is 4.74 Å². The molecule has 1 aliphatic carbocycles. The quantitative estimate of drug-likeness (QED) is 0.835. The third kappa shape index (κ3) is 3.76. The van der Waals surface area contributed by atoms with E-state index in [1.54, 1.807) is 12.7 Å². The van der Waals surface area contributed by atoms with Crippen LogP contribution in [-0.2, 0) is 24.0 Å². The van der Waals surface area contributed by atoms with E-state index in [-0.39, 0.29) is 18.8 Å². The summed E-state index contributed by atoms with van der Waals surface area (Å²) < 4.78 is 11.5. The molecule has 1 N–H and O–H groups in total. The summed E-state index contributed by atoms with van der Waals surface area (Å²) in [7, 11) is 1.70. The van der Waals surface area contributed by atoms with Crippen molar-refractivity contribution >= 4 is 0 Å². The van der Waals surface area contributed by atoms with Crippen LogP contribution in [0, 0.1) is 6.92 Å². The minimum Gasteiger partial charge on any atom is -0.497 e. The third-order valence-electron chi connectivity index (χ3n) is 6.28. The van der Waals surface area contributed by atoms with Gasteiger partial charge in [0.05, 0.1) is 25.9 Å².